The largest absolute Gasteiger partial charge is 0.480 e. The number of nitrogens with one attached hydrogen (secondary N) is 1. The summed E-state index contributed by atoms with van der Waals surface area (Å²) < 4.78 is 5.45. The quantitative estimate of drug-likeness (QED) is 0.626. The monoisotopic (exact) mass is 317 g/mol. The van der Waals surface area contributed by atoms with E-state index < -0.39 is 0 Å². The van der Waals surface area contributed by atoms with E-state index in [4.69, 9.17) is 9.72 Å². The molecular formula is C18H15N5O. The van der Waals surface area contributed by atoms with Gasteiger partial charge >= 0.3 is 0 Å². The number of methoxy groups -OCH3 is 1. The second kappa shape index (κ2) is 4.99. The summed E-state index contributed by atoms with van der Waals surface area (Å²) in [6, 6.07) is 8.13. The molecule has 3 heterocycles. The highest BCUT2D eigenvalue weighted by Crippen LogP contribution is 2.44. The molecular weight excluding hydrogens is 302 g/mol. The van der Waals surface area contributed by atoms with Crippen LogP contribution < -0.4 is 4.74 Å². The van der Waals surface area contributed by atoms with Crippen molar-refractivity contribution in [2.75, 3.05) is 7.11 Å². The molecule has 0 aliphatic heterocycles. The highest BCUT2D eigenvalue weighted by Gasteiger charge is 2.31. The van der Waals surface area contributed by atoms with E-state index in [2.05, 4.69) is 26.0 Å². The van der Waals surface area contributed by atoms with E-state index >= 15 is 0 Å². The Morgan fingerprint density at radius 3 is 2.79 bits per heavy atom. The fourth-order valence-corrected chi connectivity index (χ4v) is 3.16. The third-order valence-corrected chi connectivity index (χ3v) is 4.48. The third kappa shape index (κ3) is 1.96. The van der Waals surface area contributed by atoms with E-state index in [-0.39, 0.29) is 0 Å². The van der Waals surface area contributed by atoms with Gasteiger partial charge in [-0.15, -0.1) is 0 Å². The molecule has 4 aromatic rings. The van der Waals surface area contributed by atoms with Crippen molar-refractivity contribution >= 4 is 21.9 Å². The molecule has 1 aromatic carbocycles. The van der Waals surface area contributed by atoms with E-state index in [9.17, 15) is 0 Å². The summed E-state index contributed by atoms with van der Waals surface area (Å²) in [4.78, 5) is 21.4. The minimum Gasteiger partial charge on any atom is -0.480 e. The Balaban J connectivity index is 1.76. The lowest BCUT2D eigenvalue weighted by Gasteiger charge is -2.10. The zero-order valence-corrected chi connectivity index (χ0v) is 13.2. The molecule has 0 unspecified atom stereocenters. The summed E-state index contributed by atoms with van der Waals surface area (Å²) in [5.74, 6) is 1.59. The number of para-hydroxylation sites is 1. The lowest BCUT2D eigenvalue weighted by atomic mass is 10.1. The Labute approximate surface area is 138 Å². The number of rotatable bonds is 3. The highest BCUT2D eigenvalue weighted by atomic mass is 16.5. The number of hydrogen-bond donors (Lipinski definition) is 1. The summed E-state index contributed by atoms with van der Waals surface area (Å²) in [6.07, 6.45) is 5.70. The molecule has 6 nitrogen and oxygen atoms in total. The molecule has 118 valence electrons. The van der Waals surface area contributed by atoms with Gasteiger partial charge in [0.15, 0.2) is 5.82 Å². The van der Waals surface area contributed by atoms with Gasteiger partial charge < -0.3 is 9.72 Å². The van der Waals surface area contributed by atoms with Gasteiger partial charge in [0.05, 0.1) is 12.8 Å². The van der Waals surface area contributed by atoms with Gasteiger partial charge in [-0.2, -0.15) is 0 Å². The normalized spacial score (nSPS) is 14.4. The zero-order chi connectivity index (χ0) is 16.1. The van der Waals surface area contributed by atoms with Crippen molar-refractivity contribution in [2.45, 2.75) is 18.8 Å². The van der Waals surface area contributed by atoms with Crippen LogP contribution in [0.15, 0.2) is 36.8 Å². The SMILES string of the molecule is COc1ncnc(C2CC2)c1-c1ncc2c(n1)[nH]c1ccccc12. The second-order valence-electron chi connectivity index (χ2n) is 6.04. The highest BCUT2D eigenvalue weighted by molar-refractivity contribution is 6.05. The molecule has 1 saturated carbocycles. The van der Waals surface area contributed by atoms with Gasteiger partial charge in [0.1, 0.15) is 17.5 Å². The Bertz CT molecular complexity index is 1070. The number of aromatic amines is 1. The van der Waals surface area contributed by atoms with Crippen molar-refractivity contribution in [3.05, 3.63) is 42.5 Å². The molecule has 1 aliphatic rings. The van der Waals surface area contributed by atoms with Crippen molar-refractivity contribution < 1.29 is 4.74 Å². The van der Waals surface area contributed by atoms with Crippen LogP contribution in [-0.4, -0.2) is 32.0 Å². The van der Waals surface area contributed by atoms with Crippen LogP contribution >= 0.6 is 0 Å². The summed E-state index contributed by atoms with van der Waals surface area (Å²) in [5.41, 5.74) is 3.66. The molecule has 1 fully saturated rings. The molecule has 0 radical (unpaired) electrons. The molecule has 3 aromatic heterocycles. The van der Waals surface area contributed by atoms with Gasteiger partial charge in [-0.3, -0.25) is 0 Å². The maximum atomic E-state index is 5.45. The van der Waals surface area contributed by atoms with Crippen LogP contribution in [0.25, 0.3) is 33.3 Å². The summed E-state index contributed by atoms with van der Waals surface area (Å²) >= 11 is 0. The molecule has 0 bridgehead atoms. The number of hydrogen-bond acceptors (Lipinski definition) is 5. The van der Waals surface area contributed by atoms with Gasteiger partial charge in [0, 0.05) is 28.4 Å². The molecule has 24 heavy (non-hydrogen) atoms. The number of nitrogens with zero attached hydrogens (tertiary/aromatic N) is 4. The maximum Gasteiger partial charge on any atom is 0.227 e. The Kier molecular flexibility index (Phi) is 2.79. The molecule has 0 amide bonds. The lowest BCUT2D eigenvalue weighted by Crippen LogP contribution is -2.02. The van der Waals surface area contributed by atoms with Crippen LogP contribution in [0.2, 0.25) is 0 Å². The topological polar surface area (TPSA) is 76.6 Å². The molecule has 1 N–H and O–H groups in total. The lowest BCUT2D eigenvalue weighted by molar-refractivity contribution is 0.397. The Hall–Kier alpha value is -3.02. The fraction of sp³-hybridized carbons (Fsp3) is 0.222. The number of fused-ring (bicyclic) bond motifs is 3. The third-order valence-electron chi connectivity index (χ3n) is 4.48. The summed E-state index contributed by atoms with van der Waals surface area (Å²) in [5, 5.41) is 2.14. The van der Waals surface area contributed by atoms with Crippen LogP contribution in [0.4, 0.5) is 0 Å². The molecule has 0 saturated heterocycles. The van der Waals surface area contributed by atoms with Gasteiger partial charge in [0.25, 0.3) is 0 Å². The molecule has 5 rings (SSSR count). The van der Waals surface area contributed by atoms with Crippen LogP contribution in [0.1, 0.15) is 24.5 Å². The number of aromatic nitrogens is 5. The molecule has 6 heteroatoms. The van der Waals surface area contributed by atoms with Gasteiger partial charge in [-0.25, -0.2) is 19.9 Å². The first kappa shape index (κ1) is 13.4. The average molecular weight is 317 g/mol. The van der Waals surface area contributed by atoms with E-state index in [1.807, 2.05) is 24.4 Å². The predicted octanol–water partition coefficient (Wildman–Crippen LogP) is 3.45. The first-order valence-corrected chi connectivity index (χ1v) is 7.98. The zero-order valence-electron chi connectivity index (χ0n) is 13.2. The smallest absolute Gasteiger partial charge is 0.227 e. The van der Waals surface area contributed by atoms with E-state index in [0.717, 1.165) is 46.0 Å². The minimum absolute atomic E-state index is 0.457. The number of ether oxygens (including phenoxy) is 1. The van der Waals surface area contributed by atoms with Crippen molar-refractivity contribution in [1.82, 2.24) is 24.9 Å². The first-order valence-electron chi connectivity index (χ1n) is 7.98. The van der Waals surface area contributed by atoms with E-state index in [1.165, 1.54) is 0 Å². The summed E-state index contributed by atoms with van der Waals surface area (Å²) in [6.45, 7) is 0. The Morgan fingerprint density at radius 1 is 1.08 bits per heavy atom. The Morgan fingerprint density at radius 2 is 1.96 bits per heavy atom. The molecule has 1 aliphatic carbocycles. The van der Waals surface area contributed by atoms with Crippen LogP contribution in [0, 0.1) is 0 Å². The van der Waals surface area contributed by atoms with Crippen molar-refractivity contribution in [1.29, 1.82) is 0 Å². The van der Waals surface area contributed by atoms with Gasteiger partial charge in [0.2, 0.25) is 5.88 Å². The summed E-state index contributed by atoms with van der Waals surface area (Å²) in [7, 11) is 1.62. The van der Waals surface area contributed by atoms with Crippen LogP contribution in [0.3, 0.4) is 0 Å². The standard InChI is InChI=1S/C18H15N5O/c1-24-18-14(15(10-6-7-10)20-9-21-18)17-19-8-12-11-4-2-3-5-13(11)22-16(12)23-17/h2-5,8-10H,6-7H2,1H3,(H,19,22,23). The van der Waals surface area contributed by atoms with Gasteiger partial charge in [-0.05, 0) is 18.9 Å². The van der Waals surface area contributed by atoms with Crippen molar-refractivity contribution in [2.24, 2.45) is 0 Å². The molecule has 0 spiro atoms. The maximum absolute atomic E-state index is 5.45. The predicted molar refractivity (Wildman–Crippen MR) is 90.9 cm³/mol. The van der Waals surface area contributed by atoms with E-state index in [1.54, 1.807) is 13.4 Å². The van der Waals surface area contributed by atoms with E-state index in [0.29, 0.717) is 17.6 Å². The average Bonchev–Trinajstić information content (AvgIpc) is 3.41. The number of benzene rings is 1. The second-order valence-corrected chi connectivity index (χ2v) is 6.04. The van der Waals surface area contributed by atoms with Crippen molar-refractivity contribution in [3.63, 3.8) is 0 Å². The van der Waals surface area contributed by atoms with Crippen LogP contribution in [0.5, 0.6) is 5.88 Å². The van der Waals surface area contributed by atoms with Gasteiger partial charge in [-0.1, -0.05) is 18.2 Å². The van der Waals surface area contributed by atoms with Crippen LogP contribution in [-0.2, 0) is 0 Å². The molecule has 0 atom stereocenters. The fourth-order valence-electron chi connectivity index (χ4n) is 3.16. The number of H-pyrrole nitrogens is 1. The first-order chi connectivity index (χ1) is 11.8. The minimum atomic E-state index is 0.457. The van der Waals surface area contributed by atoms with Crippen molar-refractivity contribution in [3.8, 4) is 17.3 Å².